The molecule has 1 heterocycles. The van der Waals surface area contributed by atoms with Gasteiger partial charge in [0.1, 0.15) is 5.03 Å². The van der Waals surface area contributed by atoms with Crippen LogP contribution >= 0.6 is 35.0 Å². The van der Waals surface area contributed by atoms with Gasteiger partial charge in [0.25, 0.3) is 0 Å². The van der Waals surface area contributed by atoms with Crippen LogP contribution in [0.2, 0.25) is 10.0 Å². The standard InChI is InChI=1S/C12H9Cl2NOS/c13-9-3-4-11(8(6-9)7-16)17-12-10(14)2-1-5-15-12/h1-6,16H,7H2. The SMILES string of the molecule is OCc1cc(Cl)ccc1Sc1ncccc1Cl. The first-order valence-corrected chi connectivity index (χ1v) is 6.45. The Morgan fingerprint density at radius 3 is 2.76 bits per heavy atom. The predicted octanol–water partition coefficient (Wildman–Crippen LogP) is 4.03. The van der Waals surface area contributed by atoms with Crippen LogP contribution in [0.5, 0.6) is 0 Å². The van der Waals surface area contributed by atoms with Crippen molar-refractivity contribution in [1.82, 2.24) is 4.98 Å². The predicted molar refractivity (Wildman–Crippen MR) is 70.7 cm³/mol. The third kappa shape index (κ3) is 3.13. The summed E-state index contributed by atoms with van der Waals surface area (Å²) in [5.74, 6) is 0. The molecule has 0 aliphatic heterocycles. The Balaban J connectivity index is 2.33. The molecule has 0 aliphatic carbocycles. The van der Waals surface area contributed by atoms with Crippen LogP contribution < -0.4 is 0 Å². The largest absolute Gasteiger partial charge is 0.392 e. The van der Waals surface area contributed by atoms with Gasteiger partial charge in [0.2, 0.25) is 0 Å². The highest BCUT2D eigenvalue weighted by Crippen LogP contribution is 2.34. The summed E-state index contributed by atoms with van der Waals surface area (Å²) in [5.41, 5.74) is 0.768. The van der Waals surface area contributed by atoms with E-state index in [1.165, 1.54) is 11.8 Å². The van der Waals surface area contributed by atoms with Gasteiger partial charge in [0.15, 0.2) is 0 Å². The number of aromatic nitrogens is 1. The second kappa shape index (κ2) is 5.74. The molecule has 0 atom stereocenters. The second-order valence-corrected chi connectivity index (χ2v) is 5.18. The highest BCUT2D eigenvalue weighted by molar-refractivity contribution is 7.99. The van der Waals surface area contributed by atoms with Gasteiger partial charge in [-0.3, -0.25) is 0 Å². The minimum absolute atomic E-state index is 0.0622. The zero-order chi connectivity index (χ0) is 12.3. The molecule has 0 saturated carbocycles. The van der Waals surface area contributed by atoms with E-state index in [1.54, 1.807) is 30.5 Å². The van der Waals surface area contributed by atoms with E-state index in [9.17, 15) is 5.11 Å². The van der Waals surface area contributed by atoms with Gasteiger partial charge >= 0.3 is 0 Å². The number of rotatable bonds is 3. The molecule has 2 rings (SSSR count). The fourth-order valence-corrected chi connectivity index (χ4v) is 2.63. The summed E-state index contributed by atoms with van der Waals surface area (Å²) >= 11 is 13.3. The molecule has 0 saturated heterocycles. The number of pyridine rings is 1. The number of nitrogens with zero attached hydrogens (tertiary/aromatic N) is 1. The normalized spacial score (nSPS) is 10.5. The first-order valence-electron chi connectivity index (χ1n) is 4.88. The maximum atomic E-state index is 9.26. The molecule has 0 radical (unpaired) electrons. The van der Waals surface area contributed by atoms with Gasteiger partial charge in [-0.25, -0.2) is 4.98 Å². The van der Waals surface area contributed by atoms with Crippen molar-refractivity contribution in [3.05, 3.63) is 52.1 Å². The molecule has 0 spiro atoms. The molecule has 5 heteroatoms. The van der Waals surface area contributed by atoms with E-state index in [0.717, 1.165) is 10.5 Å². The molecular formula is C12H9Cl2NOS. The van der Waals surface area contributed by atoms with Gasteiger partial charge in [-0.2, -0.15) is 0 Å². The number of aliphatic hydroxyl groups excluding tert-OH is 1. The number of hydrogen-bond acceptors (Lipinski definition) is 3. The summed E-state index contributed by atoms with van der Waals surface area (Å²) in [5, 5.41) is 11.2. The molecule has 2 nitrogen and oxygen atoms in total. The average molecular weight is 286 g/mol. The summed E-state index contributed by atoms with van der Waals surface area (Å²) < 4.78 is 0. The third-order valence-electron chi connectivity index (χ3n) is 2.12. The fourth-order valence-electron chi connectivity index (χ4n) is 1.32. The van der Waals surface area contributed by atoms with E-state index in [1.807, 2.05) is 6.07 Å². The van der Waals surface area contributed by atoms with E-state index in [0.29, 0.717) is 15.1 Å². The van der Waals surface area contributed by atoms with Gasteiger partial charge in [-0.05, 0) is 35.9 Å². The smallest absolute Gasteiger partial charge is 0.119 e. The Kier molecular flexibility index (Phi) is 4.29. The zero-order valence-corrected chi connectivity index (χ0v) is 11.1. The molecule has 0 amide bonds. The summed E-state index contributed by atoms with van der Waals surface area (Å²) in [6.45, 7) is -0.0622. The molecule has 1 aromatic carbocycles. The van der Waals surface area contributed by atoms with Gasteiger partial charge < -0.3 is 5.11 Å². The van der Waals surface area contributed by atoms with Crippen LogP contribution in [0, 0.1) is 0 Å². The average Bonchev–Trinajstić information content (AvgIpc) is 2.34. The molecule has 1 aromatic heterocycles. The zero-order valence-electron chi connectivity index (χ0n) is 8.73. The third-order valence-corrected chi connectivity index (χ3v) is 3.91. The minimum atomic E-state index is -0.0622. The maximum absolute atomic E-state index is 9.26. The van der Waals surface area contributed by atoms with E-state index < -0.39 is 0 Å². The molecule has 2 aromatic rings. The molecular weight excluding hydrogens is 277 g/mol. The van der Waals surface area contributed by atoms with Gasteiger partial charge in [0.05, 0.1) is 11.6 Å². The van der Waals surface area contributed by atoms with Gasteiger partial charge in [-0.1, -0.05) is 35.0 Å². The van der Waals surface area contributed by atoms with Crippen LogP contribution in [-0.4, -0.2) is 10.1 Å². The quantitative estimate of drug-likeness (QED) is 0.924. The Hall–Kier alpha value is -0.740. The molecule has 0 bridgehead atoms. The Bertz CT molecular complexity index is 534. The lowest BCUT2D eigenvalue weighted by Crippen LogP contribution is -1.88. The molecule has 88 valence electrons. The van der Waals surface area contributed by atoms with E-state index in [4.69, 9.17) is 23.2 Å². The number of hydrogen-bond donors (Lipinski definition) is 1. The maximum Gasteiger partial charge on any atom is 0.119 e. The van der Waals surface area contributed by atoms with Crippen LogP contribution in [0.3, 0.4) is 0 Å². The highest BCUT2D eigenvalue weighted by atomic mass is 35.5. The lowest BCUT2D eigenvalue weighted by Gasteiger charge is -2.07. The molecule has 0 fully saturated rings. The van der Waals surface area contributed by atoms with E-state index in [2.05, 4.69) is 4.98 Å². The van der Waals surface area contributed by atoms with Crippen LogP contribution in [0.4, 0.5) is 0 Å². The molecule has 0 aliphatic rings. The van der Waals surface area contributed by atoms with Gasteiger partial charge in [0, 0.05) is 16.1 Å². The van der Waals surface area contributed by atoms with Crippen molar-refractivity contribution >= 4 is 35.0 Å². The number of aliphatic hydroxyl groups is 1. The molecule has 17 heavy (non-hydrogen) atoms. The van der Waals surface area contributed by atoms with Crippen molar-refractivity contribution in [1.29, 1.82) is 0 Å². The summed E-state index contributed by atoms with van der Waals surface area (Å²) in [6.07, 6.45) is 1.68. The van der Waals surface area contributed by atoms with Crippen molar-refractivity contribution < 1.29 is 5.11 Å². The minimum Gasteiger partial charge on any atom is -0.392 e. The first kappa shape index (κ1) is 12.7. The molecule has 1 N–H and O–H groups in total. The number of benzene rings is 1. The van der Waals surface area contributed by atoms with Crippen LogP contribution in [0.1, 0.15) is 5.56 Å². The topological polar surface area (TPSA) is 33.1 Å². The second-order valence-electron chi connectivity index (χ2n) is 3.30. The Morgan fingerprint density at radius 1 is 1.24 bits per heavy atom. The number of halogens is 2. The Labute approximate surface area is 114 Å². The lowest BCUT2D eigenvalue weighted by atomic mass is 10.2. The van der Waals surface area contributed by atoms with Crippen molar-refractivity contribution in [2.45, 2.75) is 16.5 Å². The summed E-state index contributed by atoms with van der Waals surface area (Å²) in [6, 6.07) is 8.93. The van der Waals surface area contributed by atoms with Crippen LogP contribution in [-0.2, 0) is 6.61 Å². The van der Waals surface area contributed by atoms with Crippen LogP contribution in [0.15, 0.2) is 46.5 Å². The van der Waals surface area contributed by atoms with E-state index >= 15 is 0 Å². The van der Waals surface area contributed by atoms with E-state index in [-0.39, 0.29) is 6.61 Å². The van der Waals surface area contributed by atoms with Crippen molar-refractivity contribution in [2.24, 2.45) is 0 Å². The fraction of sp³-hybridized carbons (Fsp3) is 0.0833. The Morgan fingerprint density at radius 2 is 2.06 bits per heavy atom. The van der Waals surface area contributed by atoms with Crippen molar-refractivity contribution in [2.75, 3.05) is 0 Å². The lowest BCUT2D eigenvalue weighted by molar-refractivity contribution is 0.279. The molecule has 0 unspecified atom stereocenters. The summed E-state index contributed by atoms with van der Waals surface area (Å²) in [4.78, 5) is 5.09. The van der Waals surface area contributed by atoms with Crippen molar-refractivity contribution in [3.63, 3.8) is 0 Å². The first-order chi connectivity index (χ1) is 8.20. The van der Waals surface area contributed by atoms with Crippen LogP contribution in [0.25, 0.3) is 0 Å². The van der Waals surface area contributed by atoms with Gasteiger partial charge in [-0.15, -0.1) is 0 Å². The monoisotopic (exact) mass is 285 g/mol. The van der Waals surface area contributed by atoms with Crippen molar-refractivity contribution in [3.8, 4) is 0 Å². The summed E-state index contributed by atoms with van der Waals surface area (Å²) in [7, 11) is 0. The highest BCUT2D eigenvalue weighted by Gasteiger charge is 2.08.